The van der Waals surface area contributed by atoms with Crippen molar-refractivity contribution in [2.24, 2.45) is 5.92 Å². The molecule has 0 aliphatic heterocycles. The maximum absolute atomic E-state index is 11.2. The lowest BCUT2D eigenvalue weighted by atomic mass is 10.2. The van der Waals surface area contributed by atoms with Crippen LogP contribution in [0.25, 0.3) is 0 Å². The van der Waals surface area contributed by atoms with Crippen molar-refractivity contribution in [2.75, 3.05) is 0 Å². The van der Waals surface area contributed by atoms with Crippen LogP contribution in [0.1, 0.15) is 19.5 Å². The molecule has 3 nitrogen and oxygen atoms in total. The third-order valence-electron chi connectivity index (χ3n) is 1.58. The first-order valence-electron chi connectivity index (χ1n) is 4.13. The molecule has 0 unspecified atom stereocenters. The van der Waals surface area contributed by atoms with Gasteiger partial charge in [0.2, 0.25) is 0 Å². The lowest BCUT2D eigenvalue weighted by Crippen LogP contribution is -2.24. The van der Waals surface area contributed by atoms with Crippen LogP contribution >= 0.6 is 0 Å². The van der Waals surface area contributed by atoms with Gasteiger partial charge in [-0.2, -0.15) is 4.98 Å². The summed E-state index contributed by atoms with van der Waals surface area (Å²) in [5.41, 5.74) is 0.628. The molecule has 0 spiro atoms. The molecule has 0 amide bonds. The van der Waals surface area contributed by atoms with Crippen LogP contribution in [0.5, 0.6) is 0 Å². The molecule has 0 N–H and O–H groups in total. The molecule has 0 aliphatic rings. The Balaban J connectivity index is 2.94. The van der Waals surface area contributed by atoms with E-state index in [2.05, 4.69) is 18.8 Å². The molecule has 0 saturated heterocycles. The summed E-state index contributed by atoms with van der Waals surface area (Å²) in [6.07, 6.45) is 1.80. The molecule has 0 aromatic carbocycles. The Kier molecular flexibility index (Phi) is 2.63. The Labute approximate surface area is 72.1 Å². The van der Waals surface area contributed by atoms with Gasteiger partial charge >= 0.3 is 5.69 Å². The monoisotopic (exact) mass is 166 g/mol. The fourth-order valence-corrected chi connectivity index (χ4v) is 1.05. The highest BCUT2D eigenvalue weighted by Gasteiger charge is 1.99. The molecule has 66 valence electrons. The van der Waals surface area contributed by atoms with Gasteiger partial charge in [0.25, 0.3) is 0 Å². The normalized spacial score (nSPS) is 10.7. The van der Waals surface area contributed by atoms with Gasteiger partial charge in [-0.15, -0.1) is 0 Å². The van der Waals surface area contributed by atoms with Gasteiger partial charge < -0.3 is 0 Å². The van der Waals surface area contributed by atoms with Gasteiger partial charge in [-0.1, -0.05) is 13.8 Å². The molecule has 0 aliphatic carbocycles. The zero-order valence-electron chi connectivity index (χ0n) is 7.74. The molecule has 1 aromatic rings. The summed E-state index contributed by atoms with van der Waals surface area (Å²) in [6.45, 7) is 6.71. The predicted molar refractivity (Wildman–Crippen MR) is 48.1 cm³/mol. The number of hydrogen-bond acceptors (Lipinski definition) is 2. The van der Waals surface area contributed by atoms with Crippen molar-refractivity contribution in [3.63, 3.8) is 0 Å². The summed E-state index contributed by atoms with van der Waals surface area (Å²) in [5, 5.41) is 0. The molecule has 0 radical (unpaired) electrons. The predicted octanol–water partition coefficient (Wildman–Crippen LogP) is 1.21. The number of aromatic nitrogens is 2. The standard InChI is InChI=1S/C9H14N2O/c1-7(2)6-11-5-4-8(3)10-9(11)12/h4-5,7H,6H2,1-3H3. The molecule has 0 saturated carbocycles. The SMILES string of the molecule is Cc1ccn(CC(C)C)c(=O)n1. The zero-order chi connectivity index (χ0) is 9.14. The fraction of sp³-hybridized carbons (Fsp3) is 0.556. The first-order valence-corrected chi connectivity index (χ1v) is 4.13. The summed E-state index contributed by atoms with van der Waals surface area (Å²) in [6, 6.07) is 1.85. The van der Waals surface area contributed by atoms with Crippen LogP contribution in [-0.2, 0) is 6.54 Å². The van der Waals surface area contributed by atoms with Gasteiger partial charge in [0.05, 0.1) is 0 Å². The van der Waals surface area contributed by atoms with Crippen LogP contribution in [0.4, 0.5) is 0 Å². The summed E-state index contributed by atoms with van der Waals surface area (Å²) in [5.74, 6) is 0.479. The van der Waals surface area contributed by atoms with Gasteiger partial charge in [0, 0.05) is 18.4 Å². The summed E-state index contributed by atoms with van der Waals surface area (Å²) in [7, 11) is 0. The van der Waals surface area contributed by atoms with Crippen molar-refractivity contribution in [3.05, 3.63) is 28.4 Å². The van der Waals surface area contributed by atoms with Crippen molar-refractivity contribution < 1.29 is 0 Å². The first kappa shape index (κ1) is 8.97. The third kappa shape index (κ3) is 2.19. The Morgan fingerprint density at radius 3 is 2.75 bits per heavy atom. The number of hydrogen-bond donors (Lipinski definition) is 0. The highest BCUT2D eigenvalue weighted by Crippen LogP contribution is 1.95. The van der Waals surface area contributed by atoms with E-state index in [0.29, 0.717) is 5.92 Å². The van der Waals surface area contributed by atoms with E-state index in [9.17, 15) is 4.79 Å². The largest absolute Gasteiger partial charge is 0.347 e. The molecule has 1 rings (SSSR count). The molecule has 3 heteroatoms. The van der Waals surface area contributed by atoms with Crippen LogP contribution in [0.2, 0.25) is 0 Å². The first-order chi connectivity index (χ1) is 5.59. The van der Waals surface area contributed by atoms with Crippen molar-refractivity contribution >= 4 is 0 Å². The molecule has 1 heterocycles. The van der Waals surface area contributed by atoms with E-state index in [4.69, 9.17) is 0 Å². The van der Waals surface area contributed by atoms with Gasteiger partial charge in [-0.25, -0.2) is 4.79 Å². The lowest BCUT2D eigenvalue weighted by molar-refractivity contribution is 0.502. The third-order valence-corrected chi connectivity index (χ3v) is 1.58. The minimum absolute atomic E-state index is 0.149. The van der Waals surface area contributed by atoms with Crippen LogP contribution in [0.15, 0.2) is 17.1 Å². The maximum Gasteiger partial charge on any atom is 0.347 e. The minimum atomic E-state index is -0.149. The van der Waals surface area contributed by atoms with E-state index < -0.39 is 0 Å². The van der Waals surface area contributed by atoms with Crippen molar-refractivity contribution in [2.45, 2.75) is 27.3 Å². The van der Waals surface area contributed by atoms with Gasteiger partial charge in [0.15, 0.2) is 0 Å². The summed E-state index contributed by atoms with van der Waals surface area (Å²) in [4.78, 5) is 15.1. The average Bonchev–Trinajstić information content (AvgIpc) is 1.94. The van der Waals surface area contributed by atoms with Crippen molar-refractivity contribution in [1.82, 2.24) is 9.55 Å². The number of nitrogens with zero attached hydrogens (tertiary/aromatic N) is 2. The van der Waals surface area contributed by atoms with Crippen LogP contribution in [-0.4, -0.2) is 9.55 Å². The van der Waals surface area contributed by atoms with E-state index >= 15 is 0 Å². The minimum Gasteiger partial charge on any atom is -0.299 e. The Morgan fingerprint density at radius 2 is 2.25 bits per heavy atom. The number of rotatable bonds is 2. The fourth-order valence-electron chi connectivity index (χ4n) is 1.05. The molecule has 1 aromatic heterocycles. The zero-order valence-corrected chi connectivity index (χ0v) is 7.74. The van der Waals surface area contributed by atoms with Crippen LogP contribution < -0.4 is 5.69 Å². The van der Waals surface area contributed by atoms with E-state index in [1.807, 2.05) is 13.0 Å². The average molecular weight is 166 g/mol. The Morgan fingerprint density at radius 1 is 1.58 bits per heavy atom. The summed E-state index contributed by atoms with van der Waals surface area (Å²) < 4.78 is 1.64. The molecule has 0 bridgehead atoms. The second kappa shape index (κ2) is 3.52. The van der Waals surface area contributed by atoms with Gasteiger partial charge in [-0.3, -0.25) is 4.57 Å². The highest BCUT2D eigenvalue weighted by molar-refractivity contribution is 4.95. The highest BCUT2D eigenvalue weighted by atomic mass is 16.1. The molecule has 0 fully saturated rings. The Hall–Kier alpha value is -1.12. The second-order valence-corrected chi connectivity index (χ2v) is 3.40. The van der Waals surface area contributed by atoms with Crippen molar-refractivity contribution in [1.29, 1.82) is 0 Å². The number of aryl methyl sites for hydroxylation is 1. The summed E-state index contributed by atoms with van der Waals surface area (Å²) >= 11 is 0. The van der Waals surface area contributed by atoms with E-state index in [-0.39, 0.29) is 5.69 Å². The smallest absolute Gasteiger partial charge is 0.299 e. The van der Waals surface area contributed by atoms with Crippen molar-refractivity contribution in [3.8, 4) is 0 Å². The van der Waals surface area contributed by atoms with Gasteiger partial charge in [-0.05, 0) is 18.9 Å². The van der Waals surface area contributed by atoms with E-state index in [1.165, 1.54) is 0 Å². The molecular weight excluding hydrogens is 152 g/mol. The van der Waals surface area contributed by atoms with Crippen LogP contribution in [0.3, 0.4) is 0 Å². The maximum atomic E-state index is 11.2. The molecule has 0 atom stereocenters. The molecular formula is C9H14N2O. The quantitative estimate of drug-likeness (QED) is 0.661. The van der Waals surface area contributed by atoms with E-state index in [1.54, 1.807) is 10.8 Å². The molecule has 12 heavy (non-hydrogen) atoms. The van der Waals surface area contributed by atoms with E-state index in [0.717, 1.165) is 12.2 Å². The Bertz CT molecular complexity index is 315. The van der Waals surface area contributed by atoms with Crippen LogP contribution in [0, 0.1) is 12.8 Å². The van der Waals surface area contributed by atoms with Gasteiger partial charge in [0.1, 0.15) is 0 Å². The lowest BCUT2D eigenvalue weighted by Gasteiger charge is -2.06. The second-order valence-electron chi connectivity index (χ2n) is 3.40. The topological polar surface area (TPSA) is 34.9 Å².